The molecule has 0 radical (unpaired) electrons. The molecule has 2 unspecified atom stereocenters. The number of amides is 2. The number of ether oxygens (including phenoxy) is 3. The van der Waals surface area contributed by atoms with Crippen LogP contribution in [0.3, 0.4) is 0 Å². The standard InChI is InChI=1S/C26H37N5O6/c1-15(2)28-25(34)37-17-8-7-16(9-17)20-12-23(31-30-20)29-24(33)14-36-22-11-18(35-6)10-21(32)19(22)13-27-26(3,4)5/h10-13,15-17,32H,7-9,14H2,1-6H3,(H,28,34)(H2,29,30,31,33). The summed E-state index contributed by atoms with van der Waals surface area (Å²) in [6, 6.07) is 4.84. The van der Waals surface area contributed by atoms with Gasteiger partial charge in [-0.15, -0.1) is 0 Å². The highest BCUT2D eigenvalue weighted by Crippen LogP contribution is 2.36. The largest absolute Gasteiger partial charge is 0.507 e. The number of aromatic amines is 1. The van der Waals surface area contributed by atoms with E-state index >= 15 is 0 Å². The minimum absolute atomic E-state index is 0.0188. The summed E-state index contributed by atoms with van der Waals surface area (Å²) in [6.07, 6.45) is 3.24. The second-order valence-electron chi connectivity index (χ2n) is 10.4. The predicted octanol–water partition coefficient (Wildman–Crippen LogP) is 4.13. The van der Waals surface area contributed by atoms with Crippen molar-refractivity contribution in [2.75, 3.05) is 19.0 Å². The Hall–Kier alpha value is -3.76. The van der Waals surface area contributed by atoms with Crippen molar-refractivity contribution in [2.24, 2.45) is 4.99 Å². The van der Waals surface area contributed by atoms with E-state index in [-0.39, 0.29) is 41.7 Å². The first kappa shape index (κ1) is 27.8. The van der Waals surface area contributed by atoms with Crippen molar-refractivity contribution < 1.29 is 28.9 Å². The molecule has 1 saturated carbocycles. The molecule has 3 rings (SSSR count). The van der Waals surface area contributed by atoms with Crippen LogP contribution in [0.1, 0.15) is 71.1 Å². The number of carbonyl (C=O) groups is 2. The molecule has 1 aliphatic rings. The summed E-state index contributed by atoms with van der Waals surface area (Å²) in [4.78, 5) is 28.8. The molecule has 1 fully saturated rings. The van der Waals surface area contributed by atoms with Crippen LogP contribution in [0.25, 0.3) is 0 Å². The lowest BCUT2D eigenvalue weighted by atomic mass is 10.0. The zero-order valence-corrected chi connectivity index (χ0v) is 22.3. The highest BCUT2D eigenvalue weighted by molar-refractivity contribution is 5.92. The van der Waals surface area contributed by atoms with Crippen LogP contribution in [0, 0.1) is 0 Å². The smallest absolute Gasteiger partial charge is 0.407 e. The van der Waals surface area contributed by atoms with Crippen molar-refractivity contribution >= 4 is 24.0 Å². The van der Waals surface area contributed by atoms with E-state index < -0.39 is 12.0 Å². The van der Waals surface area contributed by atoms with Gasteiger partial charge in [0.1, 0.15) is 23.4 Å². The van der Waals surface area contributed by atoms with Crippen LogP contribution in [-0.2, 0) is 9.53 Å². The molecule has 2 amide bonds. The molecule has 2 aromatic rings. The number of aromatic nitrogens is 2. The van der Waals surface area contributed by atoms with Crippen molar-refractivity contribution in [3.05, 3.63) is 29.5 Å². The zero-order chi connectivity index (χ0) is 27.2. The maximum atomic E-state index is 12.6. The van der Waals surface area contributed by atoms with Crippen molar-refractivity contribution in [3.63, 3.8) is 0 Å². The Balaban J connectivity index is 1.57. The van der Waals surface area contributed by atoms with Gasteiger partial charge in [0, 0.05) is 42.1 Å². The van der Waals surface area contributed by atoms with Gasteiger partial charge in [0.2, 0.25) is 0 Å². The molecule has 2 atom stereocenters. The second-order valence-corrected chi connectivity index (χ2v) is 10.4. The number of hydrogen-bond acceptors (Lipinski definition) is 8. The van der Waals surface area contributed by atoms with Crippen molar-refractivity contribution in [3.8, 4) is 17.2 Å². The number of aliphatic imine (C=N–C) groups is 1. The summed E-state index contributed by atoms with van der Waals surface area (Å²) >= 11 is 0. The Kier molecular flexibility index (Phi) is 9.01. The van der Waals surface area contributed by atoms with Crippen LogP contribution < -0.4 is 20.1 Å². The molecule has 37 heavy (non-hydrogen) atoms. The molecular weight excluding hydrogens is 478 g/mol. The van der Waals surface area contributed by atoms with E-state index in [9.17, 15) is 14.7 Å². The van der Waals surface area contributed by atoms with E-state index in [4.69, 9.17) is 14.2 Å². The normalized spacial score (nSPS) is 17.7. The van der Waals surface area contributed by atoms with Gasteiger partial charge < -0.3 is 30.0 Å². The average molecular weight is 516 g/mol. The summed E-state index contributed by atoms with van der Waals surface area (Å²) in [7, 11) is 1.47. The van der Waals surface area contributed by atoms with E-state index in [0.717, 1.165) is 18.5 Å². The number of carbonyl (C=O) groups excluding carboxylic acids is 2. The third-order valence-corrected chi connectivity index (χ3v) is 5.64. The molecule has 0 saturated heterocycles. The fraction of sp³-hybridized carbons (Fsp3) is 0.538. The Bertz CT molecular complexity index is 1120. The molecule has 11 nitrogen and oxygen atoms in total. The van der Waals surface area contributed by atoms with Crippen LogP contribution >= 0.6 is 0 Å². The second kappa shape index (κ2) is 12.0. The minimum atomic E-state index is -0.419. The van der Waals surface area contributed by atoms with Gasteiger partial charge in [-0.05, 0) is 53.9 Å². The molecule has 11 heteroatoms. The van der Waals surface area contributed by atoms with Gasteiger partial charge in [0.15, 0.2) is 12.4 Å². The van der Waals surface area contributed by atoms with E-state index in [1.807, 2.05) is 34.6 Å². The maximum absolute atomic E-state index is 12.6. The molecule has 1 aromatic carbocycles. The minimum Gasteiger partial charge on any atom is -0.507 e. The number of rotatable bonds is 9. The predicted molar refractivity (Wildman–Crippen MR) is 140 cm³/mol. The third-order valence-electron chi connectivity index (χ3n) is 5.64. The van der Waals surface area contributed by atoms with Crippen LogP contribution in [-0.4, -0.2) is 64.9 Å². The topological polar surface area (TPSA) is 147 Å². The lowest BCUT2D eigenvalue weighted by Gasteiger charge is -2.15. The first-order valence-corrected chi connectivity index (χ1v) is 12.3. The molecule has 0 spiro atoms. The van der Waals surface area contributed by atoms with Crippen LogP contribution in [0.4, 0.5) is 10.6 Å². The van der Waals surface area contributed by atoms with E-state index in [0.29, 0.717) is 23.6 Å². The number of benzene rings is 1. The number of phenols is 1. The first-order valence-electron chi connectivity index (χ1n) is 12.3. The number of phenolic OH excluding ortho intramolecular Hbond substituents is 1. The number of anilines is 1. The Labute approximate surface area is 217 Å². The highest BCUT2D eigenvalue weighted by atomic mass is 16.6. The summed E-state index contributed by atoms with van der Waals surface area (Å²) < 4.78 is 16.4. The van der Waals surface area contributed by atoms with Gasteiger partial charge in [-0.1, -0.05) is 0 Å². The van der Waals surface area contributed by atoms with Gasteiger partial charge in [0.25, 0.3) is 5.91 Å². The zero-order valence-electron chi connectivity index (χ0n) is 22.3. The van der Waals surface area contributed by atoms with E-state index in [2.05, 4.69) is 25.8 Å². The molecule has 1 heterocycles. The summed E-state index contributed by atoms with van der Waals surface area (Å²) in [6.45, 7) is 9.24. The van der Waals surface area contributed by atoms with Gasteiger partial charge in [0.05, 0.1) is 18.2 Å². The van der Waals surface area contributed by atoms with Gasteiger partial charge in [-0.2, -0.15) is 5.10 Å². The number of hydrogen-bond donors (Lipinski definition) is 4. The van der Waals surface area contributed by atoms with Crippen LogP contribution in [0.5, 0.6) is 17.2 Å². The monoisotopic (exact) mass is 515 g/mol. The van der Waals surface area contributed by atoms with Crippen molar-refractivity contribution in [2.45, 2.75) is 77.5 Å². The number of nitrogens with one attached hydrogen (secondary N) is 3. The molecule has 1 aromatic heterocycles. The van der Waals surface area contributed by atoms with Crippen LogP contribution in [0.2, 0.25) is 0 Å². The molecule has 0 aliphatic heterocycles. The molecule has 4 N–H and O–H groups in total. The number of aromatic hydroxyl groups is 1. The fourth-order valence-corrected chi connectivity index (χ4v) is 3.90. The Morgan fingerprint density at radius 1 is 1.27 bits per heavy atom. The maximum Gasteiger partial charge on any atom is 0.407 e. The fourth-order valence-electron chi connectivity index (χ4n) is 3.90. The first-order chi connectivity index (χ1) is 17.4. The molecule has 0 bridgehead atoms. The van der Waals surface area contributed by atoms with Gasteiger partial charge in [-0.25, -0.2) is 4.79 Å². The molecular formula is C26H37N5O6. The number of nitrogens with zero attached hydrogens (tertiary/aromatic N) is 2. The summed E-state index contributed by atoms with van der Waals surface area (Å²) in [5.74, 6) is 0.681. The number of alkyl carbamates (subject to hydrolysis) is 1. The number of H-pyrrole nitrogens is 1. The lowest BCUT2D eigenvalue weighted by Crippen LogP contribution is -2.33. The molecule has 202 valence electrons. The SMILES string of the molecule is COc1cc(O)c(C=NC(C)(C)C)c(OCC(=O)Nc2cc(C3CCC(OC(=O)NC(C)C)C3)[nH]n2)c1. The van der Waals surface area contributed by atoms with Gasteiger partial charge >= 0.3 is 6.09 Å². The summed E-state index contributed by atoms with van der Waals surface area (Å²) in [5, 5.41) is 23.0. The van der Waals surface area contributed by atoms with Gasteiger partial charge in [-0.3, -0.25) is 14.9 Å². The van der Waals surface area contributed by atoms with E-state index in [1.165, 1.54) is 19.4 Å². The third kappa shape index (κ3) is 8.40. The quantitative estimate of drug-likeness (QED) is 0.367. The van der Waals surface area contributed by atoms with Crippen LogP contribution in [0.15, 0.2) is 23.2 Å². The number of methoxy groups -OCH3 is 1. The lowest BCUT2D eigenvalue weighted by molar-refractivity contribution is -0.118. The van der Waals surface area contributed by atoms with E-state index in [1.54, 1.807) is 12.1 Å². The van der Waals surface area contributed by atoms with Crippen molar-refractivity contribution in [1.29, 1.82) is 0 Å². The Morgan fingerprint density at radius 3 is 2.70 bits per heavy atom. The highest BCUT2D eigenvalue weighted by Gasteiger charge is 2.30. The summed E-state index contributed by atoms with van der Waals surface area (Å²) in [5.41, 5.74) is 0.862. The Morgan fingerprint density at radius 2 is 2.03 bits per heavy atom. The van der Waals surface area contributed by atoms with Crippen molar-refractivity contribution in [1.82, 2.24) is 15.5 Å². The molecule has 1 aliphatic carbocycles. The average Bonchev–Trinajstić information content (AvgIpc) is 3.44.